The average molecular weight is 420 g/mol. The largest absolute Gasteiger partial charge is 0.322 e. The van der Waals surface area contributed by atoms with Crippen LogP contribution in [0.3, 0.4) is 0 Å². The smallest absolute Gasteiger partial charge is 0.256 e. The van der Waals surface area contributed by atoms with Gasteiger partial charge in [0.15, 0.2) is 0 Å². The minimum Gasteiger partial charge on any atom is -0.322 e. The van der Waals surface area contributed by atoms with Crippen molar-refractivity contribution >= 4 is 50.1 Å². The molecule has 2 aromatic rings. The summed E-state index contributed by atoms with van der Waals surface area (Å²) in [5.41, 5.74) is 0.955. The Morgan fingerprint density at radius 2 is 1.94 bits per heavy atom. The zero-order valence-electron chi connectivity index (χ0n) is 9.08. The van der Waals surface area contributed by atoms with Crippen molar-refractivity contribution in [1.82, 2.24) is 0 Å². The summed E-state index contributed by atoms with van der Waals surface area (Å²) >= 11 is 5.23. The first-order valence-electron chi connectivity index (χ1n) is 5.09. The predicted molar refractivity (Wildman–Crippen MR) is 81.2 cm³/mol. The van der Waals surface area contributed by atoms with E-state index in [0.717, 1.165) is 3.57 Å². The normalized spacial score (nSPS) is 10.2. The van der Waals surface area contributed by atoms with Gasteiger partial charge in [-0.15, -0.1) is 0 Å². The molecule has 2 aromatic carbocycles. The number of hydrogen-bond donors (Lipinski definition) is 1. The predicted octanol–water partition coefficient (Wildman–Crippen LogP) is 4.45. The van der Waals surface area contributed by atoms with Crippen LogP contribution in [0.2, 0.25) is 0 Å². The maximum absolute atomic E-state index is 13.3. The molecular weight excluding hydrogens is 412 g/mol. The van der Waals surface area contributed by atoms with E-state index in [4.69, 9.17) is 0 Å². The highest BCUT2D eigenvalue weighted by Gasteiger charge is 2.13. The Hall–Kier alpha value is -0.950. The van der Waals surface area contributed by atoms with Crippen LogP contribution in [0.5, 0.6) is 0 Å². The van der Waals surface area contributed by atoms with E-state index in [0.29, 0.717) is 5.69 Å². The number of benzene rings is 2. The highest BCUT2D eigenvalue weighted by molar-refractivity contribution is 14.1. The molecule has 0 atom stereocenters. The third-order valence-electron chi connectivity index (χ3n) is 2.28. The lowest BCUT2D eigenvalue weighted by Crippen LogP contribution is -2.13. The lowest BCUT2D eigenvalue weighted by molar-refractivity contribution is 0.102. The standard InChI is InChI=1S/C13H8BrFINO/c14-12-10(5-2-6-11(12)15)13(18)17-9-4-1-3-8(16)7-9/h1-7H,(H,17,18). The number of halogens is 3. The highest BCUT2D eigenvalue weighted by atomic mass is 127. The van der Waals surface area contributed by atoms with Crippen molar-refractivity contribution in [3.05, 3.63) is 61.9 Å². The molecule has 0 unspecified atom stereocenters. The van der Waals surface area contributed by atoms with E-state index in [2.05, 4.69) is 43.8 Å². The van der Waals surface area contributed by atoms with Crippen LogP contribution < -0.4 is 5.32 Å². The van der Waals surface area contributed by atoms with Gasteiger partial charge in [-0.25, -0.2) is 4.39 Å². The number of nitrogens with one attached hydrogen (secondary N) is 1. The van der Waals surface area contributed by atoms with Gasteiger partial charge in [-0.1, -0.05) is 12.1 Å². The fourth-order valence-electron chi connectivity index (χ4n) is 1.44. The van der Waals surface area contributed by atoms with E-state index >= 15 is 0 Å². The van der Waals surface area contributed by atoms with Crippen LogP contribution in [0.15, 0.2) is 46.9 Å². The van der Waals surface area contributed by atoms with Crippen LogP contribution in [-0.4, -0.2) is 5.91 Å². The Morgan fingerprint density at radius 1 is 1.22 bits per heavy atom. The van der Waals surface area contributed by atoms with Crippen LogP contribution in [0, 0.1) is 9.39 Å². The van der Waals surface area contributed by atoms with E-state index in [1.165, 1.54) is 12.1 Å². The molecule has 0 aliphatic heterocycles. The number of hydrogen-bond acceptors (Lipinski definition) is 1. The summed E-state index contributed by atoms with van der Waals surface area (Å²) < 4.78 is 14.5. The summed E-state index contributed by atoms with van der Waals surface area (Å²) in [6, 6.07) is 11.8. The third kappa shape index (κ3) is 3.08. The van der Waals surface area contributed by atoms with Crippen molar-refractivity contribution in [3.8, 4) is 0 Å². The molecule has 0 saturated heterocycles. The molecule has 2 rings (SSSR count). The Balaban J connectivity index is 2.25. The lowest BCUT2D eigenvalue weighted by atomic mass is 10.2. The topological polar surface area (TPSA) is 29.1 Å². The number of rotatable bonds is 2. The van der Waals surface area contributed by atoms with Gasteiger partial charge in [0.2, 0.25) is 0 Å². The summed E-state index contributed by atoms with van der Waals surface area (Å²) in [6.07, 6.45) is 0. The zero-order valence-corrected chi connectivity index (χ0v) is 12.8. The molecule has 0 heterocycles. The molecule has 1 N–H and O–H groups in total. The summed E-state index contributed by atoms with van der Waals surface area (Å²) in [5.74, 6) is -0.798. The van der Waals surface area contributed by atoms with Crippen LogP contribution in [0.25, 0.3) is 0 Å². The first kappa shape index (κ1) is 13.5. The van der Waals surface area contributed by atoms with Gasteiger partial charge in [0.1, 0.15) is 5.82 Å². The van der Waals surface area contributed by atoms with Crippen molar-refractivity contribution in [2.45, 2.75) is 0 Å². The van der Waals surface area contributed by atoms with Gasteiger partial charge < -0.3 is 5.32 Å². The molecule has 2 nitrogen and oxygen atoms in total. The molecule has 0 bridgehead atoms. The molecule has 18 heavy (non-hydrogen) atoms. The molecule has 0 aliphatic carbocycles. The van der Waals surface area contributed by atoms with Crippen molar-refractivity contribution in [2.24, 2.45) is 0 Å². The van der Waals surface area contributed by atoms with E-state index in [1.807, 2.05) is 18.2 Å². The van der Waals surface area contributed by atoms with Gasteiger partial charge in [-0.3, -0.25) is 4.79 Å². The molecule has 0 radical (unpaired) electrons. The van der Waals surface area contributed by atoms with Crippen molar-refractivity contribution < 1.29 is 9.18 Å². The fourth-order valence-corrected chi connectivity index (χ4v) is 2.43. The molecule has 1 amide bonds. The Kier molecular flexibility index (Phi) is 4.34. The van der Waals surface area contributed by atoms with Gasteiger partial charge in [0.25, 0.3) is 5.91 Å². The molecule has 92 valence electrons. The zero-order chi connectivity index (χ0) is 13.1. The molecule has 0 fully saturated rings. The molecule has 5 heteroatoms. The lowest BCUT2D eigenvalue weighted by Gasteiger charge is -2.07. The minimum atomic E-state index is -0.453. The molecule has 0 aliphatic rings. The Morgan fingerprint density at radius 3 is 2.67 bits per heavy atom. The quantitative estimate of drug-likeness (QED) is 0.716. The van der Waals surface area contributed by atoms with Gasteiger partial charge in [-0.2, -0.15) is 0 Å². The number of amides is 1. The van der Waals surface area contributed by atoms with Gasteiger partial charge >= 0.3 is 0 Å². The maximum Gasteiger partial charge on any atom is 0.256 e. The summed E-state index contributed by atoms with van der Waals surface area (Å²) in [5, 5.41) is 2.73. The SMILES string of the molecule is O=C(Nc1cccc(I)c1)c1cccc(F)c1Br. The second-order valence-electron chi connectivity index (χ2n) is 3.57. The van der Waals surface area contributed by atoms with Crippen LogP contribution >= 0.6 is 38.5 Å². The summed E-state index contributed by atoms with van der Waals surface area (Å²) in [4.78, 5) is 12.0. The Labute approximate surface area is 126 Å². The van der Waals surface area contributed by atoms with E-state index in [1.54, 1.807) is 12.1 Å². The summed E-state index contributed by atoms with van der Waals surface area (Å²) in [7, 11) is 0. The van der Waals surface area contributed by atoms with Crippen LogP contribution in [-0.2, 0) is 0 Å². The Bertz CT molecular complexity index is 603. The second-order valence-corrected chi connectivity index (χ2v) is 5.60. The van der Waals surface area contributed by atoms with Gasteiger partial charge in [0.05, 0.1) is 10.0 Å². The van der Waals surface area contributed by atoms with Crippen molar-refractivity contribution in [3.63, 3.8) is 0 Å². The highest BCUT2D eigenvalue weighted by Crippen LogP contribution is 2.22. The van der Waals surface area contributed by atoms with Crippen molar-refractivity contribution in [1.29, 1.82) is 0 Å². The number of carbonyl (C=O) groups excluding carboxylic acids is 1. The number of anilines is 1. The van der Waals surface area contributed by atoms with Crippen LogP contribution in [0.1, 0.15) is 10.4 Å². The average Bonchev–Trinajstić information content (AvgIpc) is 2.32. The molecule has 0 saturated carbocycles. The maximum atomic E-state index is 13.3. The minimum absolute atomic E-state index is 0.174. The van der Waals surface area contributed by atoms with Crippen molar-refractivity contribution in [2.75, 3.05) is 5.32 Å². The fraction of sp³-hybridized carbons (Fsp3) is 0. The first-order chi connectivity index (χ1) is 8.58. The second kappa shape index (κ2) is 5.79. The monoisotopic (exact) mass is 419 g/mol. The van der Waals surface area contributed by atoms with Crippen LogP contribution in [0.4, 0.5) is 10.1 Å². The molecule has 0 aromatic heterocycles. The third-order valence-corrected chi connectivity index (χ3v) is 3.76. The number of carbonyl (C=O) groups is 1. The van der Waals surface area contributed by atoms with E-state index in [9.17, 15) is 9.18 Å². The van der Waals surface area contributed by atoms with Gasteiger partial charge in [-0.05, 0) is 68.9 Å². The molecule has 0 spiro atoms. The van der Waals surface area contributed by atoms with E-state index in [-0.39, 0.29) is 15.9 Å². The van der Waals surface area contributed by atoms with Gasteiger partial charge in [0, 0.05) is 9.26 Å². The summed E-state index contributed by atoms with van der Waals surface area (Å²) in [6.45, 7) is 0. The molecular formula is C13H8BrFINO. The first-order valence-corrected chi connectivity index (χ1v) is 6.96. The van der Waals surface area contributed by atoms with E-state index < -0.39 is 5.82 Å².